The molecule has 8 heterocycles. The van der Waals surface area contributed by atoms with Crippen LogP contribution in [0.5, 0.6) is 23.0 Å². The van der Waals surface area contributed by atoms with E-state index in [1.165, 1.54) is 9.80 Å². The van der Waals surface area contributed by atoms with Gasteiger partial charge in [0.15, 0.2) is 11.0 Å². The van der Waals surface area contributed by atoms with Gasteiger partial charge in [-0.25, -0.2) is 19.2 Å². The first-order chi connectivity index (χ1) is 47.9. The Morgan fingerprint density at radius 2 is 0.663 bits per heavy atom. The highest BCUT2D eigenvalue weighted by Gasteiger charge is 2.40. The lowest BCUT2D eigenvalue weighted by atomic mass is 9.86. The summed E-state index contributed by atoms with van der Waals surface area (Å²) >= 11 is 0. The Bertz CT molecular complexity index is 4330. The van der Waals surface area contributed by atoms with Crippen molar-refractivity contribution in [2.75, 3.05) is 133 Å². The quantitative estimate of drug-likeness (QED) is 0.0438. The maximum atomic E-state index is 14.3. The van der Waals surface area contributed by atoms with Crippen LogP contribution in [-0.2, 0) is 0 Å². The van der Waals surface area contributed by atoms with Crippen LogP contribution in [0.1, 0.15) is 75.3 Å². The zero-order valence-corrected chi connectivity index (χ0v) is 54.5. The number of methoxy groups -OCH3 is 4. The van der Waals surface area contributed by atoms with E-state index in [-0.39, 0.29) is 58.5 Å². The molecule has 0 aliphatic carbocycles. The number of rotatable bonds is 24. The summed E-state index contributed by atoms with van der Waals surface area (Å²) in [7, 11) is 6.35. The number of hydrogen-bond donors (Lipinski definition) is 2. The average molecular weight is 1320 g/mol. The molecule has 98 heavy (non-hydrogen) atoms. The Morgan fingerprint density at radius 1 is 0.378 bits per heavy atom. The van der Waals surface area contributed by atoms with E-state index in [0.717, 1.165) is 39.3 Å². The third-order valence-corrected chi connectivity index (χ3v) is 18.9. The minimum Gasteiger partial charge on any atom is -0.497 e. The molecule has 6 aromatic carbocycles. The van der Waals surface area contributed by atoms with Crippen molar-refractivity contribution >= 4 is 68.3 Å². The highest BCUT2D eigenvalue weighted by Crippen LogP contribution is 2.41. The molecular weight excluding hydrogens is 1250 g/mol. The number of aromatic nitrogens is 6. The second kappa shape index (κ2) is 28.0. The smallest absolute Gasteiger partial charge is 0.270 e. The van der Waals surface area contributed by atoms with Crippen LogP contribution < -0.4 is 29.6 Å². The molecule has 6 amide bonds. The summed E-state index contributed by atoms with van der Waals surface area (Å²) in [6, 6.07) is 35.6. The fourth-order valence-electron chi connectivity index (χ4n) is 13.5. The maximum Gasteiger partial charge on any atom is 0.270 e. The van der Waals surface area contributed by atoms with E-state index in [4.69, 9.17) is 38.2 Å². The summed E-state index contributed by atoms with van der Waals surface area (Å²) in [5.74, 6) is 0.0425. The minimum absolute atomic E-state index is 0.163. The number of pyridine rings is 2. The van der Waals surface area contributed by atoms with Crippen LogP contribution >= 0.6 is 0 Å². The van der Waals surface area contributed by atoms with Crippen molar-refractivity contribution in [1.82, 2.24) is 70.6 Å². The predicted octanol–water partition coefficient (Wildman–Crippen LogP) is 7.47. The van der Waals surface area contributed by atoms with Crippen LogP contribution in [0.4, 0.5) is 0 Å². The third-order valence-electron chi connectivity index (χ3n) is 18.9. The average Bonchev–Trinajstić information content (AvgIpc) is 0.873. The zero-order chi connectivity index (χ0) is 67.6. The number of hydrogen-bond acceptors (Lipinski definition) is 22. The van der Waals surface area contributed by atoms with E-state index >= 15 is 0 Å². The number of amides is 6. The molecule has 0 unspecified atom stereocenters. The summed E-state index contributed by atoms with van der Waals surface area (Å²) < 4.78 is 32.0. The highest BCUT2D eigenvalue weighted by molar-refractivity contribution is 6.33. The molecule has 2 saturated heterocycles. The molecule has 0 bridgehead atoms. The largest absolute Gasteiger partial charge is 0.497 e. The van der Waals surface area contributed by atoms with Gasteiger partial charge < -0.3 is 39.4 Å². The van der Waals surface area contributed by atoms with Gasteiger partial charge in [-0.2, -0.15) is 0 Å². The van der Waals surface area contributed by atoms with Gasteiger partial charge in [-0.05, 0) is 155 Å². The molecule has 4 aliphatic rings. The predicted molar refractivity (Wildman–Crippen MR) is 361 cm³/mol. The van der Waals surface area contributed by atoms with Gasteiger partial charge in [0.25, 0.3) is 35.4 Å². The molecule has 0 spiro atoms. The SMILES string of the molecule is COc1ccc(-c2nc(C(=O)NCCCN3CCN(CCN4C(=O)c5ccc6c7c(ccc(c57)C4=O)C(=O)N(CCN4CCN(CCCNC(=O)c5nc(-c7ccc(OC)cc7)c7nonc7c5-c5ccc(OC)cc5)CC4)C6=O)CC3)c(-c3ccc(OC)cc3)c3nonc23)cc1. The summed E-state index contributed by atoms with van der Waals surface area (Å²) in [4.78, 5) is 107. The van der Waals surface area contributed by atoms with E-state index in [1.54, 1.807) is 77.0 Å². The number of nitrogens with one attached hydrogen (secondary N) is 2. The lowest BCUT2D eigenvalue weighted by Crippen LogP contribution is -2.51. The zero-order valence-electron chi connectivity index (χ0n) is 54.5. The lowest BCUT2D eigenvalue weighted by molar-refractivity contribution is 0.0552. The van der Waals surface area contributed by atoms with Crippen LogP contribution in [0.2, 0.25) is 0 Å². The Kier molecular flexibility index (Phi) is 18.3. The van der Waals surface area contributed by atoms with E-state index in [2.05, 4.69) is 50.9 Å². The molecule has 500 valence electrons. The van der Waals surface area contributed by atoms with Crippen LogP contribution in [0.15, 0.2) is 131 Å². The monoisotopic (exact) mass is 1320 g/mol. The van der Waals surface area contributed by atoms with Crippen LogP contribution in [0, 0.1) is 0 Å². The van der Waals surface area contributed by atoms with Gasteiger partial charge in [-0.1, -0.05) is 24.3 Å². The standard InChI is InChI=1S/C72H70N14O12/c1-93-47-15-7-43(8-16-47)55-61-65(79-97-77-61)59(45-11-19-49(95-3)20-12-45)75-63(55)67(87)73-27-5-29-81-31-35-83(36-32-81)39-41-85-69(89)51-23-25-53-58-54(26-24-52(57(51)58)70(85)90)72(92)86(71(53)91)42-40-84-37-33-82(34-38-84)30-6-28-74-68(88)64-56(44-9-17-48(94-2)18-10-44)62-66(80-98-78-62)60(76-64)46-13-21-50(96-4)22-14-46/h7-26H,5-6,27-42H2,1-4H3,(H,73,87)(H,74,88). The lowest BCUT2D eigenvalue weighted by Gasteiger charge is -2.37. The number of benzene rings is 6. The van der Waals surface area contributed by atoms with Gasteiger partial charge >= 0.3 is 0 Å². The molecule has 14 rings (SSSR count). The van der Waals surface area contributed by atoms with Crippen molar-refractivity contribution in [1.29, 1.82) is 0 Å². The molecule has 26 nitrogen and oxygen atoms in total. The molecule has 4 aromatic heterocycles. The number of piperazine rings is 2. The number of ether oxygens (including phenoxy) is 4. The van der Waals surface area contributed by atoms with Gasteiger partial charge in [0, 0.05) is 147 Å². The third kappa shape index (κ3) is 12.5. The van der Waals surface area contributed by atoms with Crippen LogP contribution in [-0.4, -0.2) is 229 Å². The topological polar surface area (TPSA) is 286 Å². The number of nitrogens with zero attached hydrogens (tertiary/aromatic N) is 12. The number of carbonyl (C=O) groups excluding carboxylic acids is 6. The van der Waals surface area contributed by atoms with Gasteiger partial charge in [0.1, 0.15) is 56.8 Å². The fourth-order valence-corrected chi connectivity index (χ4v) is 13.5. The molecule has 2 N–H and O–H groups in total. The van der Waals surface area contributed by atoms with E-state index in [0.29, 0.717) is 166 Å². The molecular formula is C72H70N14O12. The minimum atomic E-state index is -0.463. The van der Waals surface area contributed by atoms with E-state index < -0.39 is 23.6 Å². The van der Waals surface area contributed by atoms with Crippen molar-refractivity contribution in [2.24, 2.45) is 0 Å². The van der Waals surface area contributed by atoms with Gasteiger partial charge in [0.05, 0.1) is 28.4 Å². The van der Waals surface area contributed by atoms with Crippen LogP contribution in [0.3, 0.4) is 0 Å². The summed E-state index contributed by atoms with van der Waals surface area (Å²) in [6.07, 6.45) is 1.34. The van der Waals surface area contributed by atoms with Crippen LogP contribution in [0.25, 0.3) is 77.6 Å². The number of fused-ring (bicyclic) bond motifs is 2. The molecule has 0 radical (unpaired) electrons. The highest BCUT2D eigenvalue weighted by atomic mass is 16.6. The fraction of sp³-hybridized carbons (Fsp3) is 0.306. The van der Waals surface area contributed by atoms with E-state index in [9.17, 15) is 28.8 Å². The molecule has 10 aromatic rings. The molecule has 4 aliphatic heterocycles. The summed E-state index contributed by atoms with van der Waals surface area (Å²) in [6.45, 7) is 9.32. The molecule has 0 atom stereocenters. The first-order valence-electron chi connectivity index (χ1n) is 32.6. The second-order valence-electron chi connectivity index (χ2n) is 24.4. The van der Waals surface area contributed by atoms with Crippen molar-refractivity contribution in [3.05, 3.63) is 155 Å². The summed E-state index contributed by atoms with van der Waals surface area (Å²) in [5, 5.41) is 23.7. The van der Waals surface area contributed by atoms with Crippen molar-refractivity contribution < 1.29 is 57.0 Å². The first-order valence-corrected chi connectivity index (χ1v) is 32.6. The molecule has 0 saturated carbocycles. The van der Waals surface area contributed by atoms with E-state index in [1.807, 2.05) is 72.8 Å². The number of imide groups is 2. The maximum absolute atomic E-state index is 14.3. The Balaban J connectivity index is 0.542. The molecule has 2 fully saturated rings. The van der Waals surface area contributed by atoms with Gasteiger partial charge in [-0.15, -0.1) is 0 Å². The number of carbonyl (C=O) groups is 6. The Hall–Kier alpha value is -11.1. The van der Waals surface area contributed by atoms with Crippen molar-refractivity contribution in [2.45, 2.75) is 12.8 Å². The normalized spacial score (nSPS) is 15.4. The Labute approximate surface area is 562 Å². The van der Waals surface area contributed by atoms with Crippen molar-refractivity contribution in [3.63, 3.8) is 0 Å². The first kappa shape index (κ1) is 64.3. The second-order valence-corrected chi connectivity index (χ2v) is 24.4. The van der Waals surface area contributed by atoms with Crippen molar-refractivity contribution in [3.8, 4) is 67.8 Å². The van der Waals surface area contributed by atoms with Gasteiger partial charge in [0.2, 0.25) is 0 Å². The Morgan fingerprint density at radius 3 is 0.969 bits per heavy atom. The summed E-state index contributed by atoms with van der Waals surface area (Å²) in [5.41, 5.74) is 7.76. The molecule has 26 heteroatoms. The van der Waals surface area contributed by atoms with Gasteiger partial charge in [-0.3, -0.25) is 48.4 Å².